The van der Waals surface area contributed by atoms with Crippen molar-refractivity contribution < 1.29 is 0 Å². The Balaban J connectivity index is 2.41. The van der Waals surface area contributed by atoms with E-state index in [1.54, 1.807) is 6.33 Å². The maximum Gasteiger partial charge on any atom is 0.131 e. The number of unbranched alkanes of at least 4 members (excludes halogenated alkanes) is 2. The highest BCUT2D eigenvalue weighted by atomic mass is 15.1. The second kappa shape index (κ2) is 8.69. The lowest BCUT2D eigenvalue weighted by molar-refractivity contribution is 0.713. The van der Waals surface area contributed by atoms with Crippen LogP contribution in [-0.2, 0) is 0 Å². The van der Waals surface area contributed by atoms with Crippen molar-refractivity contribution in [3.05, 3.63) is 12.4 Å². The summed E-state index contributed by atoms with van der Waals surface area (Å²) in [5.41, 5.74) is 5.52. The Morgan fingerprint density at radius 1 is 1.28 bits per heavy atom. The molecule has 0 radical (unpaired) electrons. The van der Waals surface area contributed by atoms with Crippen LogP contribution in [0.1, 0.15) is 39.5 Å². The molecule has 1 atom stereocenters. The van der Waals surface area contributed by atoms with E-state index in [0.717, 1.165) is 24.6 Å². The van der Waals surface area contributed by atoms with Crippen LogP contribution in [0.4, 0.5) is 11.6 Å². The summed E-state index contributed by atoms with van der Waals surface area (Å²) in [6.07, 6.45) is 6.17. The van der Waals surface area contributed by atoms with Gasteiger partial charge in [0.25, 0.3) is 0 Å². The lowest BCUT2D eigenvalue weighted by Gasteiger charge is -2.13. The molecule has 0 bridgehead atoms. The number of nitrogens with one attached hydrogen (secondary N) is 2. The van der Waals surface area contributed by atoms with Crippen LogP contribution in [-0.4, -0.2) is 29.1 Å². The van der Waals surface area contributed by atoms with Crippen LogP contribution in [0, 0.1) is 0 Å². The number of anilines is 2. The Morgan fingerprint density at radius 3 is 2.78 bits per heavy atom. The predicted molar refractivity (Wildman–Crippen MR) is 76.8 cm³/mol. The number of nitrogens with two attached hydrogens (primary N) is 1. The fourth-order valence-electron chi connectivity index (χ4n) is 1.70. The zero-order valence-corrected chi connectivity index (χ0v) is 11.4. The molecule has 18 heavy (non-hydrogen) atoms. The summed E-state index contributed by atoms with van der Waals surface area (Å²) < 4.78 is 0. The maximum atomic E-state index is 5.52. The Kier molecular flexibility index (Phi) is 7.10. The van der Waals surface area contributed by atoms with Crippen LogP contribution in [0.3, 0.4) is 0 Å². The average molecular weight is 251 g/mol. The number of hydrogen-bond acceptors (Lipinski definition) is 5. The van der Waals surface area contributed by atoms with Crippen molar-refractivity contribution in [1.29, 1.82) is 0 Å². The number of hydrogen-bond donors (Lipinski definition) is 3. The Labute approximate surface area is 110 Å². The fourth-order valence-corrected chi connectivity index (χ4v) is 1.70. The summed E-state index contributed by atoms with van der Waals surface area (Å²) in [6, 6.07) is 2.27. The molecule has 1 aromatic heterocycles. The van der Waals surface area contributed by atoms with Gasteiger partial charge in [-0.3, -0.25) is 0 Å². The molecule has 1 heterocycles. The number of rotatable bonds is 9. The van der Waals surface area contributed by atoms with Gasteiger partial charge in [-0.15, -0.1) is 0 Å². The smallest absolute Gasteiger partial charge is 0.131 e. The average Bonchev–Trinajstić information content (AvgIpc) is 2.35. The molecule has 0 aromatic carbocycles. The molecule has 0 aliphatic rings. The van der Waals surface area contributed by atoms with Crippen LogP contribution in [0.15, 0.2) is 12.4 Å². The Hall–Kier alpha value is -1.36. The van der Waals surface area contributed by atoms with E-state index in [1.165, 1.54) is 19.3 Å². The van der Waals surface area contributed by atoms with Crippen molar-refractivity contribution in [3.8, 4) is 0 Å². The van der Waals surface area contributed by atoms with Crippen molar-refractivity contribution in [2.75, 3.05) is 23.7 Å². The van der Waals surface area contributed by atoms with Crippen molar-refractivity contribution in [2.45, 2.75) is 45.6 Å². The molecule has 5 heteroatoms. The van der Waals surface area contributed by atoms with Gasteiger partial charge < -0.3 is 16.4 Å². The van der Waals surface area contributed by atoms with Gasteiger partial charge in [-0.2, -0.15) is 0 Å². The number of nitrogens with zero attached hydrogens (tertiary/aromatic N) is 2. The van der Waals surface area contributed by atoms with Crippen LogP contribution >= 0.6 is 0 Å². The molecule has 5 nitrogen and oxygen atoms in total. The van der Waals surface area contributed by atoms with E-state index in [-0.39, 0.29) is 0 Å². The van der Waals surface area contributed by atoms with Gasteiger partial charge in [-0.05, 0) is 26.3 Å². The normalized spacial score (nSPS) is 12.2. The summed E-state index contributed by atoms with van der Waals surface area (Å²) in [6.45, 7) is 5.94. The highest BCUT2D eigenvalue weighted by molar-refractivity contribution is 5.46. The summed E-state index contributed by atoms with van der Waals surface area (Å²) in [4.78, 5) is 8.41. The lowest BCUT2D eigenvalue weighted by atomic mass is 10.2. The summed E-state index contributed by atoms with van der Waals surface area (Å²) in [5.74, 6) is 1.73. The first-order valence-electron chi connectivity index (χ1n) is 6.78. The lowest BCUT2D eigenvalue weighted by Crippen LogP contribution is -2.20. The zero-order valence-electron chi connectivity index (χ0n) is 11.4. The standard InChI is InChI=1S/C13H25N5/c1-3-4-5-8-15-12-9-13(17-10-16-12)18-11(2)6-7-14/h9-11H,3-8,14H2,1-2H3,(H2,15,16,17,18). The molecule has 0 aliphatic heterocycles. The van der Waals surface area contributed by atoms with Gasteiger partial charge in [0.15, 0.2) is 0 Å². The first kappa shape index (κ1) is 14.7. The van der Waals surface area contributed by atoms with Gasteiger partial charge in [0.05, 0.1) is 0 Å². The molecule has 0 amide bonds. The van der Waals surface area contributed by atoms with Gasteiger partial charge >= 0.3 is 0 Å². The van der Waals surface area contributed by atoms with Gasteiger partial charge in [0, 0.05) is 18.7 Å². The van der Waals surface area contributed by atoms with E-state index in [4.69, 9.17) is 5.73 Å². The molecule has 0 saturated carbocycles. The van der Waals surface area contributed by atoms with Crippen molar-refractivity contribution in [2.24, 2.45) is 5.73 Å². The minimum absolute atomic E-state index is 0.331. The molecule has 0 spiro atoms. The topological polar surface area (TPSA) is 75.9 Å². The molecular weight excluding hydrogens is 226 g/mol. The van der Waals surface area contributed by atoms with Crippen molar-refractivity contribution >= 4 is 11.6 Å². The van der Waals surface area contributed by atoms with E-state index in [9.17, 15) is 0 Å². The fraction of sp³-hybridized carbons (Fsp3) is 0.692. The van der Waals surface area contributed by atoms with E-state index < -0.39 is 0 Å². The van der Waals surface area contributed by atoms with E-state index >= 15 is 0 Å². The second-order valence-electron chi connectivity index (χ2n) is 4.55. The monoisotopic (exact) mass is 251 g/mol. The minimum Gasteiger partial charge on any atom is -0.370 e. The summed E-state index contributed by atoms with van der Waals surface area (Å²) >= 11 is 0. The number of aromatic nitrogens is 2. The first-order chi connectivity index (χ1) is 8.76. The van der Waals surface area contributed by atoms with E-state index in [1.807, 2.05) is 6.07 Å². The minimum atomic E-state index is 0.331. The molecule has 102 valence electrons. The predicted octanol–water partition coefficient (Wildman–Crippen LogP) is 2.23. The van der Waals surface area contributed by atoms with Crippen molar-refractivity contribution in [1.82, 2.24) is 9.97 Å². The maximum absolute atomic E-state index is 5.52. The Bertz CT molecular complexity index is 329. The molecule has 0 fully saturated rings. The molecular formula is C13H25N5. The molecule has 0 aliphatic carbocycles. The van der Waals surface area contributed by atoms with Gasteiger partial charge in [0.2, 0.25) is 0 Å². The van der Waals surface area contributed by atoms with Gasteiger partial charge in [-0.25, -0.2) is 9.97 Å². The summed E-state index contributed by atoms with van der Waals surface area (Å²) in [5, 5.41) is 6.62. The quantitative estimate of drug-likeness (QED) is 0.587. The third kappa shape index (κ3) is 5.82. The van der Waals surface area contributed by atoms with E-state index in [2.05, 4.69) is 34.4 Å². The van der Waals surface area contributed by atoms with Crippen molar-refractivity contribution in [3.63, 3.8) is 0 Å². The van der Waals surface area contributed by atoms with Gasteiger partial charge in [-0.1, -0.05) is 19.8 Å². The van der Waals surface area contributed by atoms with Gasteiger partial charge in [0.1, 0.15) is 18.0 Å². The highest BCUT2D eigenvalue weighted by Crippen LogP contribution is 2.10. The third-order valence-corrected chi connectivity index (χ3v) is 2.75. The molecule has 1 aromatic rings. The third-order valence-electron chi connectivity index (χ3n) is 2.75. The molecule has 1 unspecified atom stereocenters. The summed E-state index contributed by atoms with van der Waals surface area (Å²) in [7, 11) is 0. The zero-order chi connectivity index (χ0) is 13.2. The molecule has 0 saturated heterocycles. The van der Waals surface area contributed by atoms with E-state index in [0.29, 0.717) is 12.6 Å². The van der Waals surface area contributed by atoms with Crippen LogP contribution in [0.5, 0.6) is 0 Å². The highest BCUT2D eigenvalue weighted by Gasteiger charge is 2.03. The first-order valence-corrected chi connectivity index (χ1v) is 6.78. The van der Waals surface area contributed by atoms with Crippen LogP contribution < -0.4 is 16.4 Å². The largest absolute Gasteiger partial charge is 0.370 e. The SMILES string of the molecule is CCCCCNc1cc(NC(C)CCN)ncn1. The Morgan fingerprint density at radius 2 is 2.06 bits per heavy atom. The second-order valence-corrected chi connectivity index (χ2v) is 4.55. The molecule has 1 rings (SSSR count). The van der Waals surface area contributed by atoms with Crippen LogP contribution in [0.2, 0.25) is 0 Å². The molecule has 4 N–H and O–H groups in total. The van der Waals surface area contributed by atoms with Crippen LogP contribution in [0.25, 0.3) is 0 Å².